The van der Waals surface area contributed by atoms with Gasteiger partial charge in [0.05, 0.1) is 18.1 Å². The lowest BCUT2D eigenvalue weighted by molar-refractivity contribution is 0.00578. The molecule has 2 unspecified atom stereocenters. The van der Waals surface area contributed by atoms with Crippen LogP contribution in [0, 0.1) is 11.8 Å². The molecular formula is C28H29BO2. The molecule has 156 valence electrons. The van der Waals surface area contributed by atoms with Crippen LogP contribution in [-0.4, -0.2) is 18.3 Å². The SMILES string of the molecule is [2H]c1c([2H])c([2H])c(C2=CC3C=CC(c4cccc(B5OC(C)(C)C(C)(C)O5)c4)=CC3C=C2)c([2H])c1[2H]. The highest BCUT2D eigenvalue weighted by atomic mass is 16.7. The van der Waals surface area contributed by atoms with Crippen molar-refractivity contribution in [3.8, 4) is 0 Å². The molecule has 3 heteroatoms. The average Bonchev–Trinajstić information content (AvgIpc) is 3.08. The van der Waals surface area contributed by atoms with Crippen molar-refractivity contribution in [3.05, 3.63) is 102 Å². The van der Waals surface area contributed by atoms with E-state index in [-0.39, 0.29) is 47.6 Å². The van der Waals surface area contributed by atoms with E-state index in [4.69, 9.17) is 16.2 Å². The number of rotatable bonds is 3. The van der Waals surface area contributed by atoms with Gasteiger partial charge in [0, 0.05) is 11.8 Å². The molecular weight excluding hydrogens is 379 g/mol. The first-order valence-electron chi connectivity index (χ1n) is 13.2. The average molecular weight is 413 g/mol. The maximum Gasteiger partial charge on any atom is 0.494 e. The molecule has 0 N–H and O–H groups in total. The molecule has 0 saturated carbocycles. The molecule has 0 bridgehead atoms. The molecule has 3 aliphatic rings. The second kappa shape index (κ2) is 7.51. The third-order valence-corrected chi connectivity index (χ3v) is 6.72. The van der Waals surface area contributed by atoms with Crippen LogP contribution in [0.1, 0.15) is 45.7 Å². The van der Waals surface area contributed by atoms with E-state index >= 15 is 0 Å². The zero-order chi connectivity index (χ0) is 26.0. The van der Waals surface area contributed by atoms with E-state index in [0.717, 1.165) is 16.6 Å². The van der Waals surface area contributed by atoms with Gasteiger partial charge in [0.15, 0.2) is 0 Å². The Labute approximate surface area is 193 Å². The Morgan fingerprint density at radius 1 is 0.806 bits per heavy atom. The minimum Gasteiger partial charge on any atom is -0.399 e. The van der Waals surface area contributed by atoms with Gasteiger partial charge in [-0.05, 0) is 55.4 Å². The molecule has 0 radical (unpaired) electrons. The number of benzene rings is 2. The van der Waals surface area contributed by atoms with Crippen LogP contribution in [0.5, 0.6) is 0 Å². The number of allylic oxidation sites excluding steroid dienone is 8. The van der Waals surface area contributed by atoms with Crippen molar-refractivity contribution in [1.82, 2.24) is 0 Å². The van der Waals surface area contributed by atoms with E-state index in [2.05, 4.69) is 30.4 Å². The molecule has 1 saturated heterocycles. The Bertz CT molecular complexity index is 1330. The van der Waals surface area contributed by atoms with Crippen LogP contribution in [0.15, 0.2) is 90.9 Å². The third kappa shape index (κ3) is 3.77. The van der Waals surface area contributed by atoms with Gasteiger partial charge in [-0.25, -0.2) is 0 Å². The molecule has 0 spiro atoms. The van der Waals surface area contributed by atoms with Gasteiger partial charge in [-0.1, -0.05) is 90.9 Å². The fourth-order valence-electron chi connectivity index (χ4n) is 4.14. The molecule has 2 atom stereocenters. The largest absolute Gasteiger partial charge is 0.494 e. The number of hydrogen-bond acceptors (Lipinski definition) is 2. The summed E-state index contributed by atoms with van der Waals surface area (Å²) in [6.07, 6.45) is 12.3. The first kappa shape index (κ1) is 15.2. The molecule has 31 heavy (non-hydrogen) atoms. The van der Waals surface area contributed by atoms with Gasteiger partial charge in [0.25, 0.3) is 0 Å². The molecule has 0 aromatic heterocycles. The molecule has 2 aromatic carbocycles. The zero-order valence-corrected chi connectivity index (χ0v) is 18.3. The van der Waals surface area contributed by atoms with Gasteiger partial charge in [-0.15, -0.1) is 0 Å². The summed E-state index contributed by atoms with van der Waals surface area (Å²) in [6.45, 7) is 8.19. The summed E-state index contributed by atoms with van der Waals surface area (Å²) in [4.78, 5) is 0. The molecule has 0 amide bonds. The van der Waals surface area contributed by atoms with Gasteiger partial charge in [0.1, 0.15) is 0 Å². The first-order valence-corrected chi connectivity index (χ1v) is 10.7. The molecule has 2 nitrogen and oxygen atoms in total. The molecule has 2 aliphatic carbocycles. The van der Waals surface area contributed by atoms with E-state index in [0.29, 0.717) is 5.57 Å². The van der Waals surface area contributed by atoms with Crippen molar-refractivity contribution in [2.75, 3.05) is 0 Å². The molecule has 1 fully saturated rings. The zero-order valence-electron chi connectivity index (χ0n) is 23.3. The van der Waals surface area contributed by atoms with Crippen molar-refractivity contribution in [2.24, 2.45) is 11.8 Å². The Morgan fingerprint density at radius 3 is 2.00 bits per heavy atom. The van der Waals surface area contributed by atoms with Crippen LogP contribution in [0.2, 0.25) is 0 Å². The van der Waals surface area contributed by atoms with E-state index in [1.165, 1.54) is 0 Å². The number of hydrogen-bond donors (Lipinski definition) is 0. The molecule has 5 rings (SSSR count). The smallest absolute Gasteiger partial charge is 0.399 e. The Balaban J connectivity index is 1.41. The lowest BCUT2D eigenvalue weighted by Gasteiger charge is -2.32. The van der Waals surface area contributed by atoms with E-state index < -0.39 is 18.3 Å². The third-order valence-electron chi connectivity index (χ3n) is 6.72. The summed E-state index contributed by atoms with van der Waals surface area (Å²) in [5.74, 6) is 0.150. The fraction of sp³-hybridized carbons (Fsp3) is 0.286. The highest BCUT2D eigenvalue weighted by molar-refractivity contribution is 6.62. The van der Waals surface area contributed by atoms with Gasteiger partial charge in [-0.3, -0.25) is 0 Å². The second-order valence-corrected chi connectivity index (χ2v) is 9.33. The standard InChI is InChI=1S/C28H29BO2/c1-27(2)28(3,4)31-29(30-27)26-12-8-11-21(19-26)23-15-16-24-17-22(13-14-25(24)18-23)20-9-6-5-7-10-20/h5-19,24-25H,1-4H3/i5D,6D,7D,9D,10D. The van der Waals surface area contributed by atoms with Gasteiger partial charge < -0.3 is 9.31 Å². The van der Waals surface area contributed by atoms with Crippen LogP contribution < -0.4 is 5.46 Å². The maximum atomic E-state index is 8.29. The normalized spacial score (nSPS) is 28.0. The van der Waals surface area contributed by atoms with Gasteiger partial charge in [-0.2, -0.15) is 0 Å². The first-order chi connectivity index (χ1) is 16.9. The van der Waals surface area contributed by atoms with Crippen molar-refractivity contribution < 1.29 is 16.2 Å². The maximum absolute atomic E-state index is 8.29. The minimum atomic E-state index is -0.423. The number of fused-ring (bicyclic) bond motifs is 1. The van der Waals surface area contributed by atoms with E-state index in [1.54, 1.807) is 0 Å². The van der Waals surface area contributed by atoms with Crippen LogP contribution >= 0.6 is 0 Å². The highest BCUT2D eigenvalue weighted by Crippen LogP contribution is 2.38. The van der Waals surface area contributed by atoms with Crippen molar-refractivity contribution >= 4 is 23.7 Å². The summed E-state index contributed by atoms with van der Waals surface area (Å²) in [5.41, 5.74) is 3.24. The predicted molar refractivity (Wildman–Crippen MR) is 130 cm³/mol. The van der Waals surface area contributed by atoms with Crippen molar-refractivity contribution in [2.45, 2.75) is 38.9 Å². The van der Waals surface area contributed by atoms with E-state index in [9.17, 15) is 0 Å². The van der Waals surface area contributed by atoms with Crippen LogP contribution in [0.25, 0.3) is 11.1 Å². The Kier molecular flexibility index (Phi) is 3.69. The van der Waals surface area contributed by atoms with Gasteiger partial charge in [0.2, 0.25) is 0 Å². The van der Waals surface area contributed by atoms with Crippen LogP contribution in [-0.2, 0) is 9.31 Å². The monoisotopic (exact) mass is 413 g/mol. The Morgan fingerprint density at radius 2 is 1.39 bits per heavy atom. The summed E-state index contributed by atoms with van der Waals surface area (Å²) in [7, 11) is -0.423. The van der Waals surface area contributed by atoms with Crippen molar-refractivity contribution in [1.29, 1.82) is 0 Å². The van der Waals surface area contributed by atoms with E-state index in [1.807, 2.05) is 58.1 Å². The molecule has 1 aliphatic heterocycles. The summed E-state index contributed by atoms with van der Waals surface area (Å²) >= 11 is 0. The molecule has 1 heterocycles. The topological polar surface area (TPSA) is 18.5 Å². The second-order valence-electron chi connectivity index (χ2n) is 9.33. The van der Waals surface area contributed by atoms with Crippen molar-refractivity contribution in [3.63, 3.8) is 0 Å². The van der Waals surface area contributed by atoms with Gasteiger partial charge >= 0.3 is 7.12 Å². The molecule has 2 aromatic rings. The quantitative estimate of drug-likeness (QED) is 0.590. The lowest BCUT2D eigenvalue weighted by atomic mass is 9.76. The Hall–Kier alpha value is -2.62. The lowest BCUT2D eigenvalue weighted by Crippen LogP contribution is -2.41. The minimum absolute atomic E-state index is 0.0397. The van der Waals surface area contributed by atoms with Crippen LogP contribution in [0.4, 0.5) is 0 Å². The summed E-state index contributed by atoms with van der Waals surface area (Å²) in [6, 6.07) is 6.87. The summed E-state index contributed by atoms with van der Waals surface area (Å²) in [5, 5.41) is 0. The fourth-order valence-corrected chi connectivity index (χ4v) is 4.14. The van der Waals surface area contributed by atoms with Crippen LogP contribution in [0.3, 0.4) is 0 Å². The highest BCUT2D eigenvalue weighted by Gasteiger charge is 2.51. The summed E-state index contributed by atoms with van der Waals surface area (Å²) < 4.78 is 52.8. The predicted octanol–water partition coefficient (Wildman–Crippen LogP) is 5.82.